The third-order valence-corrected chi connectivity index (χ3v) is 15.7. The minimum atomic E-state index is -2.48. The summed E-state index contributed by atoms with van der Waals surface area (Å²) in [6, 6.07) is 1.30. The Bertz CT molecular complexity index is 1010. The highest BCUT2D eigenvalue weighted by molar-refractivity contribution is 8.10. The van der Waals surface area contributed by atoms with Gasteiger partial charge in [0.15, 0.2) is 21.0 Å². The molecule has 1 saturated carbocycles. The molecule has 1 N–H and O–H groups in total. The zero-order valence-corrected chi connectivity index (χ0v) is 24.1. The Labute approximate surface area is 207 Å². The first-order valence-electron chi connectivity index (χ1n) is 11.9. The molecule has 0 spiro atoms. The van der Waals surface area contributed by atoms with Crippen molar-refractivity contribution >= 4 is 26.6 Å². The second kappa shape index (κ2) is 10.4. The van der Waals surface area contributed by atoms with Gasteiger partial charge in [0.1, 0.15) is 12.2 Å². The van der Waals surface area contributed by atoms with Crippen LogP contribution >= 0.6 is 6.49 Å². The largest absolute Gasteiger partial charge is 0.408 e. The van der Waals surface area contributed by atoms with E-state index in [0.717, 1.165) is 6.42 Å². The van der Waals surface area contributed by atoms with Crippen molar-refractivity contribution in [3.63, 3.8) is 0 Å². The lowest BCUT2D eigenvalue weighted by Gasteiger charge is -2.40. The van der Waals surface area contributed by atoms with Gasteiger partial charge in [0.25, 0.3) is 5.56 Å². The number of methoxy groups -OCH3 is 1. The highest BCUT2D eigenvalue weighted by Crippen LogP contribution is 2.67. The van der Waals surface area contributed by atoms with Crippen LogP contribution in [0.5, 0.6) is 0 Å². The van der Waals surface area contributed by atoms with E-state index in [0.29, 0.717) is 13.2 Å². The number of nitrogens with zero attached hydrogens (tertiary/aromatic N) is 1. The summed E-state index contributed by atoms with van der Waals surface area (Å²) in [6.45, 7) is 13.3. The molecular weight excluding hydrogens is 495 g/mol. The summed E-state index contributed by atoms with van der Waals surface area (Å²) in [5.74, 6) is 0.0693. The maximum Gasteiger partial charge on any atom is 0.330 e. The predicted molar refractivity (Wildman–Crippen MR) is 138 cm³/mol. The number of H-pyrrole nitrogens is 1. The van der Waals surface area contributed by atoms with Crippen molar-refractivity contribution in [1.82, 2.24) is 9.55 Å². The second-order valence-corrected chi connectivity index (χ2v) is 18.9. The molecule has 12 heteroatoms. The third-order valence-electron chi connectivity index (χ3n) is 7.11. The second-order valence-electron chi connectivity index (χ2n) is 10.4. The van der Waals surface area contributed by atoms with Gasteiger partial charge in [0, 0.05) is 30.9 Å². The molecule has 2 aliphatic rings. The molecule has 1 aliphatic heterocycles. The third kappa shape index (κ3) is 5.52. The monoisotopic (exact) mass is 534 g/mol. The fourth-order valence-corrected chi connectivity index (χ4v) is 9.25. The van der Waals surface area contributed by atoms with Crippen molar-refractivity contribution in [2.75, 3.05) is 20.3 Å². The highest BCUT2D eigenvalue weighted by Gasteiger charge is 2.61. The normalized spacial score (nSPS) is 30.0. The van der Waals surface area contributed by atoms with Crippen LogP contribution in [-0.2, 0) is 34.8 Å². The van der Waals surface area contributed by atoms with Crippen LogP contribution in [0.4, 0.5) is 0 Å². The molecule has 2 fully saturated rings. The molecule has 2 unspecified atom stereocenters. The van der Waals surface area contributed by atoms with Gasteiger partial charge in [-0.15, -0.1) is 0 Å². The summed E-state index contributed by atoms with van der Waals surface area (Å²) in [6.07, 6.45) is 0.211. The molecule has 1 saturated heterocycles. The van der Waals surface area contributed by atoms with Gasteiger partial charge in [-0.25, -0.2) is 4.79 Å². The number of hydrogen-bond acceptors (Lipinski definition) is 8. The van der Waals surface area contributed by atoms with E-state index in [1.54, 1.807) is 7.11 Å². The van der Waals surface area contributed by atoms with Gasteiger partial charge in [-0.3, -0.25) is 14.3 Å². The molecule has 1 aliphatic carbocycles. The molecule has 2 heterocycles. The van der Waals surface area contributed by atoms with Crippen molar-refractivity contribution < 1.29 is 22.9 Å². The number of ether oxygens (including phenoxy) is 2. The van der Waals surface area contributed by atoms with Gasteiger partial charge in [-0.2, -0.15) is 0 Å². The van der Waals surface area contributed by atoms with E-state index in [-0.39, 0.29) is 22.7 Å². The quantitative estimate of drug-likeness (QED) is 0.359. The Balaban J connectivity index is 1.99. The van der Waals surface area contributed by atoms with Crippen LogP contribution in [0.1, 0.15) is 47.3 Å². The summed E-state index contributed by atoms with van der Waals surface area (Å²) in [5.41, 5.74) is -0.955. The molecule has 0 bridgehead atoms. The molecule has 194 valence electrons. The van der Waals surface area contributed by atoms with Crippen molar-refractivity contribution in [3.8, 4) is 0 Å². The van der Waals surface area contributed by atoms with Crippen molar-refractivity contribution in [3.05, 3.63) is 33.1 Å². The summed E-state index contributed by atoms with van der Waals surface area (Å²) in [7, 11) is -0.629. The van der Waals surface area contributed by atoms with E-state index in [9.17, 15) is 9.59 Å². The Morgan fingerprint density at radius 3 is 2.32 bits per heavy atom. The molecular formula is C22H39N2O7PSSi. The lowest BCUT2D eigenvalue weighted by Crippen LogP contribution is -2.50. The first-order chi connectivity index (χ1) is 15.8. The van der Waals surface area contributed by atoms with E-state index in [1.165, 1.54) is 16.8 Å². The highest BCUT2D eigenvalue weighted by atomic mass is 32.5. The van der Waals surface area contributed by atoms with Crippen molar-refractivity contribution in [1.29, 1.82) is 0 Å². The van der Waals surface area contributed by atoms with Crippen molar-refractivity contribution in [2.24, 2.45) is 5.92 Å². The van der Waals surface area contributed by atoms with Gasteiger partial charge >= 0.3 is 5.69 Å². The average Bonchev–Trinajstić information content (AvgIpc) is 3.45. The molecule has 0 radical (unpaired) electrons. The molecule has 0 amide bonds. The van der Waals surface area contributed by atoms with E-state index in [2.05, 4.69) is 38.8 Å². The van der Waals surface area contributed by atoms with Crippen LogP contribution in [0.25, 0.3) is 0 Å². The molecule has 34 heavy (non-hydrogen) atoms. The number of hydrogen-bond donors (Lipinski definition) is 1. The minimum Gasteiger partial charge on any atom is -0.408 e. The molecule has 1 aromatic rings. The predicted octanol–water partition coefficient (Wildman–Crippen LogP) is 3.61. The van der Waals surface area contributed by atoms with E-state index < -0.39 is 44.5 Å². The van der Waals surface area contributed by atoms with Gasteiger partial charge in [-0.1, -0.05) is 20.8 Å². The summed E-state index contributed by atoms with van der Waals surface area (Å²) >= 11 is 5.88. The molecule has 3 rings (SSSR count). The van der Waals surface area contributed by atoms with Gasteiger partial charge < -0.3 is 22.9 Å². The van der Waals surface area contributed by atoms with Crippen LogP contribution in [0, 0.1) is 5.92 Å². The lowest BCUT2D eigenvalue weighted by atomic mass is 10.1. The maximum atomic E-state index is 12.6. The minimum absolute atomic E-state index is 0.0306. The first-order valence-corrected chi connectivity index (χ1v) is 17.5. The van der Waals surface area contributed by atoms with Gasteiger partial charge in [-0.05, 0) is 50.2 Å². The smallest absolute Gasteiger partial charge is 0.330 e. The van der Waals surface area contributed by atoms with Crippen LogP contribution < -0.4 is 11.2 Å². The molecule has 0 aromatic carbocycles. The maximum absolute atomic E-state index is 12.6. The average molecular weight is 535 g/mol. The standard InChI is InChI=1S/C22H39N2O7PSSi/c1-9-28-32(33,29-10-2)15-13-14(15)17-18(31-34(7,8)22(3,4)5)19(27-6)20(30-17)24-12-11-16(25)23-21(24)26/h11-12,14-15,17-20H,9-10,13H2,1-8H3,(H,23,25,26)/t14?,15?,17-,18-,19-,20-/m1/s1. The number of aromatic nitrogens is 2. The zero-order chi connectivity index (χ0) is 25.5. The van der Waals surface area contributed by atoms with Crippen LogP contribution in [0.3, 0.4) is 0 Å². The van der Waals surface area contributed by atoms with Gasteiger partial charge in [0.05, 0.1) is 19.3 Å². The molecule has 6 atom stereocenters. The Morgan fingerprint density at radius 2 is 1.82 bits per heavy atom. The van der Waals surface area contributed by atoms with Gasteiger partial charge in [0.2, 0.25) is 0 Å². The fraction of sp³-hybridized carbons (Fsp3) is 0.818. The number of rotatable bonds is 10. The molecule has 1 aromatic heterocycles. The summed E-state index contributed by atoms with van der Waals surface area (Å²) in [4.78, 5) is 26.6. The zero-order valence-electron chi connectivity index (χ0n) is 21.4. The Kier molecular flexibility index (Phi) is 8.52. The number of nitrogens with one attached hydrogen (secondary N) is 1. The topological polar surface area (TPSA) is 101 Å². The van der Waals surface area contributed by atoms with Crippen LogP contribution in [0.2, 0.25) is 18.1 Å². The SMILES string of the molecule is CCOP(=S)(OCC)C1CC1[C@H]1O[C@@H](n2ccc(=O)[nH]c2=O)[C@H](OC)[C@@H]1O[Si](C)(C)C(C)(C)C. The van der Waals surface area contributed by atoms with Crippen LogP contribution in [0.15, 0.2) is 21.9 Å². The Hall–Kier alpha value is -0.653. The number of aromatic amines is 1. The van der Waals surface area contributed by atoms with E-state index in [1.807, 2.05) is 13.8 Å². The first kappa shape index (κ1) is 27.9. The van der Waals surface area contributed by atoms with E-state index in [4.69, 9.17) is 34.8 Å². The molecule has 9 nitrogen and oxygen atoms in total. The summed E-state index contributed by atoms with van der Waals surface area (Å²) < 4.78 is 32.6. The van der Waals surface area contributed by atoms with Crippen LogP contribution in [-0.4, -0.2) is 62.2 Å². The summed E-state index contributed by atoms with van der Waals surface area (Å²) in [5, 5.41) is -0.0306. The lowest BCUT2D eigenvalue weighted by molar-refractivity contribution is -0.0571. The fourth-order valence-electron chi connectivity index (χ4n) is 4.27. The van der Waals surface area contributed by atoms with Crippen molar-refractivity contribution in [2.45, 2.75) is 89.4 Å². The Morgan fingerprint density at radius 1 is 1.21 bits per heavy atom. The van der Waals surface area contributed by atoms with E-state index >= 15 is 0 Å².